The van der Waals surface area contributed by atoms with Crippen molar-refractivity contribution in [3.05, 3.63) is 247 Å². The molecule has 0 saturated heterocycles. The Bertz CT molecular complexity index is 4000. The predicted octanol–water partition coefficient (Wildman–Crippen LogP) is 17.5. The van der Waals surface area contributed by atoms with Gasteiger partial charge in [-0.15, -0.1) is 11.3 Å². The van der Waals surface area contributed by atoms with E-state index >= 15 is 0 Å². The highest BCUT2D eigenvalue weighted by Gasteiger charge is 2.18. The smallest absolute Gasteiger partial charge is 0.0547 e. The summed E-state index contributed by atoms with van der Waals surface area (Å²) in [6, 6.07) is 85.0. The maximum Gasteiger partial charge on any atom is 0.0547 e. The Morgan fingerprint density at radius 3 is 1.77 bits per heavy atom. The summed E-state index contributed by atoms with van der Waals surface area (Å²) in [5.74, 6) is 0. The van der Waals surface area contributed by atoms with Crippen LogP contribution in [-0.4, -0.2) is 4.57 Å². The van der Waals surface area contributed by atoms with Crippen molar-refractivity contribution in [3.63, 3.8) is 0 Å². The van der Waals surface area contributed by atoms with E-state index in [0.29, 0.717) is 0 Å². The highest BCUT2D eigenvalue weighted by atomic mass is 32.1. The van der Waals surface area contributed by atoms with Gasteiger partial charge >= 0.3 is 0 Å². The molecule has 0 unspecified atom stereocenters. The van der Waals surface area contributed by atoms with Gasteiger partial charge in [0, 0.05) is 36.6 Å². The van der Waals surface area contributed by atoms with E-state index in [1.165, 1.54) is 125 Å². The first-order valence-corrected chi connectivity index (χ1v) is 22.8. The van der Waals surface area contributed by atoms with Crippen LogP contribution >= 0.6 is 11.3 Å². The minimum Gasteiger partial charge on any atom is -0.309 e. The molecule has 0 amide bonds. The van der Waals surface area contributed by atoms with Gasteiger partial charge in [-0.05, 0) is 131 Å². The fraction of sp³-hybridized carbons (Fsp3) is 0. The number of aromatic nitrogens is 1. The molecular formula is C62H39NS. The Hall–Kier alpha value is -8.04. The molecule has 0 aliphatic rings. The minimum absolute atomic E-state index is 1.17. The summed E-state index contributed by atoms with van der Waals surface area (Å²) in [7, 11) is 0. The van der Waals surface area contributed by atoms with E-state index < -0.39 is 0 Å². The van der Waals surface area contributed by atoms with Crippen LogP contribution in [0.15, 0.2) is 231 Å². The van der Waals surface area contributed by atoms with Gasteiger partial charge in [0.25, 0.3) is 0 Å². The first-order chi connectivity index (χ1) is 31.7. The number of hydrogen-bond donors (Lipinski definition) is 0. The molecule has 0 bridgehead atoms. The molecule has 11 aromatic carbocycles. The molecule has 1 nitrogen and oxygen atoms in total. The van der Waals surface area contributed by atoms with Crippen LogP contribution in [0.5, 0.6) is 0 Å². The number of thiophene rings is 1. The van der Waals surface area contributed by atoms with Crippen molar-refractivity contribution in [2.45, 2.75) is 0 Å². The number of rotatable bonds is 6. The number of hydrogen-bond acceptors (Lipinski definition) is 1. The number of fused-ring (bicyclic) bond motifs is 9. The molecule has 2 heterocycles. The zero-order valence-corrected chi connectivity index (χ0v) is 35.7. The predicted molar refractivity (Wildman–Crippen MR) is 277 cm³/mol. The second kappa shape index (κ2) is 14.8. The molecule has 2 aromatic heterocycles. The Morgan fingerprint density at radius 2 is 0.984 bits per heavy atom. The van der Waals surface area contributed by atoms with E-state index in [1.54, 1.807) is 0 Å². The lowest BCUT2D eigenvalue weighted by Crippen LogP contribution is -1.94. The summed E-state index contributed by atoms with van der Waals surface area (Å²) in [4.78, 5) is 0. The molecule has 2 heteroatoms. The summed E-state index contributed by atoms with van der Waals surface area (Å²) >= 11 is 1.89. The third-order valence-corrected chi connectivity index (χ3v) is 14.4. The first-order valence-electron chi connectivity index (χ1n) is 22.0. The molecule has 0 saturated carbocycles. The molecule has 13 rings (SSSR count). The Balaban J connectivity index is 0.972. The van der Waals surface area contributed by atoms with Crippen LogP contribution in [0, 0.1) is 0 Å². The standard InChI is InChI=1S/C62H39NS/c1-2-11-41(12-3-1)44-23-25-45(26-24-44)56(34-40-21-22-42-13-4-6-15-46(42)33-40)50-29-32-61-58(37-50)55-20-10-19-53(62(55)64-61)51-28-31-54-57-36-48-17-8-9-18-49(48)38-60(57)63(59(54)39-51)52-30-27-43-14-5-7-16-47(43)35-52/h1-39H. The van der Waals surface area contributed by atoms with Crippen molar-refractivity contribution in [2.75, 3.05) is 0 Å². The minimum atomic E-state index is 1.17. The van der Waals surface area contributed by atoms with Crippen LogP contribution in [0.25, 0.3) is 114 Å². The van der Waals surface area contributed by atoms with Crippen LogP contribution in [0.3, 0.4) is 0 Å². The van der Waals surface area contributed by atoms with Gasteiger partial charge in [-0.2, -0.15) is 0 Å². The van der Waals surface area contributed by atoms with Gasteiger partial charge in [0.2, 0.25) is 0 Å². The van der Waals surface area contributed by atoms with Crippen LogP contribution in [0.4, 0.5) is 0 Å². The third-order valence-electron chi connectivity index (χ3n) is 13.1. The van der Waals surface area contributed by atoms with E-state index in [1.807, 2.05) is 11.3 Å². The molecule has 0 aliphatic heterocycles. The second-order valence-corrected chi connectivity index (χ2v) is 18.0. The zero-order chi connectivity index (χ0) is 42.1. The van der Waals surface area contributed by atoms with Crippen molar-refractivity contribution in [2.24, 2.45) is 0 Å². The maximum atomic E-state index is 2.47. The van der Waals surface area contributed by atoms with Gasteiger partial charge in [0.05, 0.1) is 11.0 Å². The molecule has 0 spiro atoms. The Labute approximate surface area is 375 Å². The van der Waals surface area contributed by atoms with E-state index in [9.17, 15) is 0 Å². The second-order valence-electron chi connectivity index (χ2n) is 16.9. The van der Waals surface area contributed by atoms with Crippen LogP contribution in [-0.2, 0) is 0 Å². The molecule has 64 heavy (non-hydrogen) atoms. The quantitative estimate of drug-likeness (QED) is 0.147. The third kappa shape index (κ3) is 6.14. The van der Waals surface area contributed by atoms with Crippen LogP contribution < -0.4 is 0 Å². The van der Waals surface area contributed by atoms with Crippen molar-refractivity contribution in [3.8, 4) is 27.9 Å². The lowest BCUT2D eigenvalue weighted by Gasteiger charge is -2.12. The van der Waals surface area contributed by atoms with E-state index in [2.05, 4.69) is 241 Å². The van der Waals surface area contributed by atoms with E-state index in [4.69, 9.17) is 0 Å². The number of nitrogens with zero attached hydrogens (tertiary/aromatic N) is 1. The maximum absolute atomic E-state index is 2.47. The van der Waals surface area contributed by atoms with Gasteiger partial charge in [-0.25, -0.2) is 0 Å². The van der Waals surface area contributed by atoms with Gasteiger partial charge in [-0.3, -0.25) is 0 Å². The van der Waals surface area contributed by atoms with E-state index in [0.717, 1.165) is 0 Å². The topological polar surface area (TPSA) is 4.93 Å². The lowest BCUT2D eigenvalue weighted by molar-refractivity contribution is 1.19. The average Bonchev–Trinajstić information content (AvgIpc) is 3.89. The highest BCUT2D eigenvalue weighted by Crippen LogP contribution is 2.44. The monoisotopic (exact) mass is 829 g/mol. The Morgan fingerprint density at radius 1 is 0.359 bits per heavy atom. The fourth-order valence-electron chi connectivity index (χ4n) is 9.93. The molecule has 0 atom stereocenters. The largest absolute Gasteiger partial charge is 0.309 e. The van der Waals surface area contributed by atoms with Crippen LogP contribution in [0.1, 0.15) is 16.7 Å². The van der Waals surface area contributed by atoms with Crippen molar-refractivity contribution < 1.29 is 0 Å². The highest BCUT2D eigenvalue weighted by molar-refractivity contribution is 7.26. The molecule has 0 radical (unpaired) electrons. The van der Waals surface area contributed by atoms with Crippen molar-refractivity contribution in [1.82, 2.24) is 4.57 Å². The van der Waals surface area contributed by atoms with Gasteiger partial charge < -0.3 is 4.57 Å². The Kier molecular flexibility index (Phi) is 8.47. The summed E-state index contributed by atoms with van der Waals surface area (Å²) in [6.07, 6.45) is 2.36. The molecule has 13 aromatic rings. The molecule has 298 valence electrons. The molecular weight excluding hydrogens is 791 g/mol. The number of benzene rings is 11. The fourth-order valence-corrected chi connectivity index (χ4v) is 11.1. The first kappa shape index (κ1) is 36.6. The van der Waals surface area contributed by atoms with E-state index in [-0.39, 0.29) is 0 Å². The molecule has 0 N–H and O–H groups in total. The van der Waals surface area contributed by atoms with Crippen LogP contribution in [0.2, 0.25) is 0 Å². The zero-order valence-electron chi connectivity index (χ0n) is 34.9. The van der Waals surface area contributed by atoms with Gasteiger partial charge in [-0.1, -0.05) is 182 Å². The van der Waals surface area contributed by atoms with Gasteiger partial charge in [0.1, 0.15) is 0 Å². The van der Waals surface area contributed by atoms with Gasteiger partial charge in [0.15, 0.2) is 0 Å². The average molecular weight is 830 g/mol. The molecule has 0 fully saturated rings. The molecule has 0 aliphatic carbocycles. The summed E-state index contributed by atoms with van der Waals surface area (Å²) < 4.78 is 5.06. The van der Waals surface area contributed by atoms with Crippen molar-refractivity contribution >= 4 is 97.3 Å². The summed E-state index contributed by atoms with van der Waals surface area (Å²) in [6.45, 7) is 0. The summed E-state index contributed by atoms with van der Waals surface area (Å²) in [5, 5.41) is 12.6. The lowest BCUT2D eigenvalue weighted by atomic mass is 9.92. The normalized spacial score (nSPS) is 12.2. The van der Waals surface area contributed by atoms with Crippen molar-refractivity contribution in [1.29, 1.82) is 0 Å². The SMILES string of the molecule is C(=C(c1ccc(-c2ccccc2)cc1)c1ccc2sc3c(-c4ccc5c6cc7ccccc7cc6n(-c6ccc7ccccc7c6)c5c4)cccc3c2c1)c1ccc2ccccc2c1. The summed E-state index contributed by atoms with van der Waals surface area (Å²) in [5.41, 5.74) is 13.3.